The summed E-state index contributed by atoms with van der Waals surface area (Å²) in [5, 5.41) is 6.22. The third kappa shape index (κ3) is 2.66. The van der Waals surface area contributed by atoms with Crippen molar-refractivity contribution in [2.24, 2.45) is 0 Å². The molecular formula is C18H17FN4O2S. The third-order valence-electron chi connectivity index (χ3n) is 4.37. The van der Waals surface area contributed by atoms with Crippen molar-refractivity contribution in [2.45, 2.75) is 32.9 Å². The zero-order valence-corrected chi connectivity index (χ0v) is 15.0. The van der Waals surface area contributed by atoms with Crippen LogP contribution in [0.3, 0.4) is 0 Å². The second-order valence-corrected chi connectivity index (χ2v) is 7.06. The van der Waals surface area contributed by atoms with Crippen LogP contribution in [-0.4, -0.2) is 18.7 Å². The molecule has 4 aromatic rings. The highest BCUT2D eigenvalue weighted by Gasteiger charge is 2.18. The van der Waals surface area contributed by atoms with E-state index < -0.39 is 0 Å². The van der Waals surface area contributed by atoms with Gasteiger partial charge in [-0.15, -0.1) is 16.4 Å². The number of unbranched alkanes of at least 4 members (excludes halogenated alkanes) is 1. The molecule has 26 heavy (non-hydrogen) atoms. The number of aryl methyl sites for hydroxylation is 1. The van der Waals surface area contributed by atoms with E-state index in [1.54, 1.807) is 28.1 Å². The summed E-state index contributed by atoms with van der Waals surface area (Å²) in [6.07, 6.45) is 1.76. The van der Waals surface area contributed by atoms with Gasteiger partial charge in [0.05, 0.1) is 12.1 Å². The van der Waals surface area contributed by atoms with Crippen LogP contribution in [-0.2, 0) is 13.1 Å². The molecule has 4 rings (SSSR count). The molecule has 0 aliphatic carbocycles. The van der Waals surface area contributed by atoms with Crippen molar-refractivity contribution < 1.29 is 4.39 Å². The van der Waals surface area contributed by atoms with Crippen LogP contribution in [0, 0.1) is 5.82 Å². The second-order valence-electron chi connectivity index (χ2n) is 6.15. The van der Waals surface area contributed by atoms with Crippen molar-refractivity contribution in [3.05, 3.63) is 67.9 Å². The molecule has 0 saturated carbocycles. The molecule has 0 radical (unpaired) electrons. The van der Waals surface area contributed by atoms with Crippen molar-refractivity contribution in [3.63, 3.8) is 0 Å². The van der Waals surface area contributed by atoms with Crippen molar-refractivity contribution in [2.75, 3.05) is 0 Å². The summed E-state index contributed by atoms with van der Waals surface area (Å²) in [7, 11) is 0. The molecule has 8 heteroatoms. The van der Waals surface area contributed by atoms with Crippen LogP contribution >= 0.6 is 11.3 Å². The van der Waals surface area contributed by atoms with Gasteiger partial charge in [0.1, 0.15) is 10.5 Å². The first kappa shape index (κ1) is 16.7. The minimum Gasteiger partial charge on any atom is -0.276 e. The predicted molar refractivity (Wildman–Crippen MR) is 99.5 cm³/mol. The molecule has 0 aliphatic heterocycles. The molecule has 0 N–H and O–H groups in total. The zero-order chi connectivity index (χ0) is 18.3. The number of benzene rings is 1. The predicted octanol–water partition coefficient (Wildman–Crippen LogP) is 2.86. The smallest absolute Gasteiger partial charge is 0.276 e. The maximum atomic E-state index is 13.1. The Kier molecular flexibility index (Phi) is 4.20. The highest BCUT2D eigenvalue weighted by Crippen LogP contribution is 2.17. The minimum absolute atomic E-state index is 0.116. The Morgan fingerprint density at radius 2 is 1.92 bits per heavy atom. The monoisotopic (exact) mass is 372 g/mol. The average molecular weight is 372 g/mol. The molecule has 0 fully saturated rings. The van der Waals surface area contributed by atoms with E-state index in [0.717, 1.165) is 18.4 Å². The van der Waals surface area contributed by atoms with Gasteiger partial charge in [-0.3, -0.25) is 9.36 Å². The lowest BCUT2D eigenvalue weighted by Gasteiger charge is -2.06. The van der Waals surface area contributed by atoms with Crippen LogP contribution in [0.5, 0.6) is 0 Å². The Morgan fingerprint density at radius 3 is 2.65 bits per heavy atom. The molecule has 3 aromatic heterocycles. The highest BCUT2D eigenvalue weighted by molar-refractivity contribution is 7.17. The number of hydrogen-bond acceptors (Lipinski definition) is 4. The summed E-state index contributed by atoms with van der Waals surface area (Å²) in [6, 6.07) is 7.71. The van der Waals surface area contributed by atoms with Gasteiger partial charge in [0, 0.05) is 6.54 Å². The second kappa shape index (κ2) is 6.53. The molecule has 0 atom stereocenters. The van der Waals surface area contributed by atoms with E-state index in [9.17, 15) is 14.0 Å². The third-order valence-corrected chi connectivity index (χ3v) is 5.26. The lowest BCUT2D eigenvalue weighted by atomic mass is 10.2. The Morgan fingerprint density at radius 1 is 1.15 bits per heavy atom. The number of rotatable bonds is 5. The first-order valence-electron chi connectivity index (χ1n) is 8.44. The molecule has 0 aliphatic rings. The van der Waals surface area contributed by atoms with Crippen LogP contribution in [0.25, 0.3) is 16.0 Å². The Bertz CT molecular complexity index is 1200. The van der Waals surface area contributed by atoms with Crippen molar-refractivity contribution in [3.8, 4) is 0 Å². The Balaban J connectivity index is 1.93. The number of nitrogens with zero attached hydrogens (tertiary/aromatic N) is 4. The van der Waals surface area contributed by atoms with Gasteiger partial charge in [-0.05, 0) is 35.6 Å². The summed E-state index contributed by atoms with van der Waals surface area (Å²) >= 11 is 1.33. The fraction of sp³-hybridized carbons (Fsp3) is 0.278. The molecular weight excluding hydrogens is 355 g/mol. The van der Waals surface area contributed by atoms with Crippen LogP contribution in [0.1, 0.15) is 25.3 Å². The van der Waals surface area contributed by atoms with Gasteiger partial charge in [-0.2, -0.15) is 0 Å². The first-order chi connectivity index (χ1) is 12.6. The summed E-state index contributed by atoms with van der Waals surface area (Å²) in [6.45, 7) is 2.78. The molecule has 0 unspecified atom stereocenters. The van der Waals surface area contributed by atoms with Gasteiger partial charge < -0.3 is 0 Å². The molecule has 0 bridgehead atoms. The maximum Gasteiger partial charge on any atom is 0.352 e. The molecule has 6 nitrogen and oxygen atoms in total. The number of aromatic nitrogens is 4. The van der Waals surface area contributed by atoms with Crippen molar-refractivity contribution in [1.82, 2.24) is 18.7 Å². The normalized spacial score (nSPS) is 11.6. The fourth-order valence-electron chi connectivity index (χ4n) is 3.02. The summed E-state index contributed by atoms with van der Waals surface area (Å²) in [5.41, 5.74) is 0.923. The van der Waals surface area contributed by atoms with Gasteiger partial charge in [0.15, 0.2) is 0 Å². The average Bonchev–Trinajstić information content (AvgIpc) is 3.23. The SMILES string of the molecule is CCCCn1c(=O)c2sccc2n2c(=O)n(Cc3ccc(F)cc3)nc12. The van der Waals surface area contributed by atoms with Crippen molar-refractivity contribution in [1.29, 1.82) is 0 Å². The number of halogens is 1. The van der Waals surface area contributed by atoms with Gasteiger partial charge in [0.2, 0.25) is 5.78 Å². The van der Waals surface area contributed by atoms with Gasteiger partial charge in [0.25, 0.3) is 5.56 Å². The lowest BCUT2D eigenvalue weighted by molar-refractivity contribution is 0.611. The van der Waals surface area contributed by atoms with Crippen LogP contribution < -0.4 is 11.2 Å². The molecule has 0 saturated heterocycles. The Labute approximate surface area is 151 Å². The van der Waals surface area contributed by atoms with Gasteiger partial charge >= 0.3 is 5.69 Å². The van der Waals surface area contributed by atoms with E-state index in [-0.39, 0.29) is 23.6 Å². The maximum absolute atomic E-state index is 13.1. The molecule has 0 spiro atoms. The van der Waals surface area contributed by atoms with Crippen LogP contribution in [0.15, 0.2) is 45.3 Å². The van der Waals surface area contributed by atoms with Crippen molar-refractivity contribution >= 4 is 27.3 Å². The topological polar surface area (TPSA) is 61.3 Å². The van der Waals surface area contributed by atoms with E-state index >= 15 is 0 Å². The van der Waals surface area contributed by atoms with E-state index in [2.05, 4.69) is 5.10 Å². The first-order valence-corrected chi connectivity index (χ1v) is 9.32. The number of thiophene rings is 1. The van der Waals surface area contributed by atoms with Crippen LogP contribution in [0.4, 0.5) is 4.39 Å². The van der Waals surface area contributed by atoms with Gasteiger partial charge in [-0.25, -0.2) is 18.3 Å². The molecule has 3 heterocycles. The highest BCUT2D eigenvalue weighted by atomic mass is 32.1. The number of hydrogen-bond donors (Lipinski definition) is 0. The summed E-state index contributed by atoms with van der Waals surface area (Å²) < 4.78 is 18.0. The quantitative estimate of drug-likeness (QED) is 0.541. The molecule has 0 amide bonds. The largest absolute Gasteiger partial charge is 0.352 e. The Hall–Kier alpha value is -2.74. The standard InChI is InChI=1S/C18H17FN4O2S/c1-2-3-9-21-16(24)15-14(8-10-26-15)23-17(21)20-22(18(23)25)11-12-4-6-13(19)7-5-12/h4-8,10H,2-3,9,11H2,1H3. The van der Waals surface area contributed by atoms with E-state index in [1.807, 2.05) is 6.92 Å². The molecule has 134 valence electrons. The number of fused-ring (bicyclic) bond motifs is 3. The van der Waals surface area contributed by atoms with Gasteiger partial charge in [-0.1, -0.05) is 25.5 Å². The fourth-order valence-corrected chi connectivity index (χ4v) is 3.84. The molecule has 1 aromatic carbocycles. The van der Waals surface area contributed by atoms with E-state index in [4.69, 9.17) is 0 Å². The van der Waals surface area contributed by atoms with Crippen LogP contribution in [0.2, 0.25) is 0 Å². The van der Waals surface area contributed by atoms with E-state index in [0.29, 0.717) is 22.5 Å². The summed E-state index contributed by atoms with van der Waals surface area (Å²) in [5.74, 6) is 0.0194. The minimum atomic E-state index is -0.329. The zero-order valence-electron chi connectivity index (χ0n) is 14.2. The van der Waals surface area contributed by atoms with E-state index in [1.165, 1.54) is 32.6 Å². The summed E-state index contributed by atoms with van der Waals surface area (Å²) in [4.78, 5) is 25.7. The lowest BCUT2D eigenvalue weighted by Crippen LogP contribution is -2.25.